The highest BCUT2D eigenvalue weighted by atomic mass is 35.5. The number of aryl methyl sites for hydroxylation is 1. The van der Waals surface area contributed by atoms with Crippen molar-refractivity contribution in [1.82, 2.24) is 5.32 Å². The van der Waals surface area contributed by atoms with E-state index in [1.807, 2.05) is 6.07 Å². The monoisotopic (exact) mass is 368 g/mol. The van der Waals surface area contributed by atoms with Crippen LogP contribution < -0.4 is 5.32 Å². The minimum absolute atomic E-state index is 0. The third kappa shape index (κ3) is 4.60. The molecule has 3 aromatic rings. The van der Waals surface area contributed by atoms with E-state index in [1.165, 1.54) is 22.4 Å². The van der Waals surface area contributed by atoms with Crippen molar-refractivity contribution in [2.75, 3.05) is 6.54 Å². The Hall–Kier alpha value is -2.41. The van der Waals surface area contributed by atoms with E-state index < -0.39 is 5.82 Å². The van der Waals surface area contributed by atoms with Gasteiger partial charge in [0.1, 0.15) is 11.9 Å². The van der Waals surface area contributed by atoms with E-state index in [0.717, 1.165) is 24.9 Å². The van der Waals surface area contributed by atoms with E-state index >= 15 is 0 Å². The van der Waals surface area contributed by atoms with Crippen molar-refractivity contribution in [3.8, 4) is 6.07 Å². The maximum atomic E-state index is 13.3. The zero-order valence-electron chi connectivity index (χ0n) is 14.7. The van der Waals surface area contributed by atoms with Crippen molar-refractivity contribution in [3.05, 3.63) is 83.2 Å². The Kier molecular flexibility index (Phi) is 7.15. The fraction of sp³-hybridized carbons (Fsp3) is 0.227. The van der Waals surface area contributed by atoms with Gasteiger partial charge in [0.25, 0.3) is 0 Å². The molecule has 0 unspecified atom stereocenters. The van der Waals surface area contributed by atoms with Crippen molar-refractivity contribution in [3.63, 3.8) is 0 Å². The SMILES string of the molecule is C[C@@H](NCCCc1ccc(F)c(C#N)c1)c1cccc2ccccc12.Cl. The molecule has 26 heavy (non-hydrogen) atoms. The fourth-order valence-corrected chi connectivity index (χ4v) is 3.16. The predicted molar refractivity (Wildman–Crippen MR) is 107 cm³/mol. The first-order chi connectivity index (χ1) is 12.2. The Morgan fingerprint density at radius 1 is 1.08 bits per heavy atom. The van der Waals surface area contributed by atoms with Gasteiger partial charge in [0.05, 0.1) is 5.56 Å². The van der Waals surface area contributed by atoms with E-state index in [4.69, 9.17) is 5.26 Å². The van der Waals surface area contributed by atoms with Crippen molar-refractivity contribution < 1.29 is 4.39 Å². The summed E-state index contributed by atoms with van der Waals surface area (Å²) < 4.78 is 13.3. The third-order valence-electron chi connectivity index (χ3n) is 4.53. The van der Waals surface area contributed by atoms with Crippen LogP contribution in [0.15, 0.2) is 60.7 Å². The first kappa shape index (κ1) is 19.9. The molecule has 0 bridgehead atoms. The van der Waals surface area contributed by atoms with Crippen molar-refractivity contribution in [2.24, 2.45) is 0 Å². The maximum absolute atomic E-state index is 13.3. The molecule has 3 rings (SSSR count). The quantitative estimate of drug-likeness (QED) is 0.578. The Balaban J connectivity index is 0.00000243. The van der Waals surface area contributed by atoms with Gasteiger partial charge in [-0.25, -0.2) is 4.39 Å². The lowest BCUT2D eigenvalue weighted by Gasteiger charge is -2.16. The lowest BCUT2D eigenvalue weighted by molar-refractivity contribution is 0.560. The summed E-state index contributed by atoms with van der Waals surface area (Å²) in [6.07, 6.45) is 1.76. The maximum Gasteiger partial charge on any atom is 0.140 e. The molecule has 0 radical (unpaired) electrons. The zero-order valence-corrected chi connectivity index (χ0v) is 15.5. The molecule has 0 aromatic heterocycles. The van der Waals surface area contributed by atoms with Gasteiger partial charge in [-0.05, 0) is 60.3 Å². The topological polar surface area (TPSA) is 35.8 Å². The molecule has 134 valence electrons. The van der Waals surface area contributed by atoms with Crippen LogP contribution in [0.1, 0.15) is 36.1 Å². The van der Waals surface area contributed by atoms with E-state index in [2.05, 4.69) is 54.7 Å². The van der Waals surface area contributed by atoms with Gasteiger partial charge in [0.2, 0.25) is 0 Å². The van der Waals surface area contributed by atoms with Gasteiger partial charge in [-0.2, -0.15) is 5.26 Å². The fourth-order valence-electron chi connectivity index (χ4n) is 3.16. The van der Waals surface area contributed by atoms with Crippen LogP contribution in [0, 0.1) is 17.1 Å². The first-order valence-electron chi connectivity index (χ1n) is 8.58. The minimum atomic E-state index is -0.450. The molecule has 0 aliphatic heterocycles. The summed E-state index contributed by atoms with van der Waals surface area (Å²) in [7, 11) is 0. The van der Waals surface area contributed by atoms with Gasteiger partial charge in [-0.3, -0.25) is 0 Å². The van der Waals surface area contributed by atoms with Crippen LogP contribution in [0.4, 0.5) is 4.39 Å². The van der Waals surface area contributed by atoms with Crippen LogP contribution in [0.2, 0.25) is 0 Å². The highest BCUT2D eigenvalue weighted by Gasteiger charge is 2.08. The summed E-state index contributed by atoms with van der Waals surface area (Å²) in [5.41, 5.74) is 2.42. The second kappa shape index (κ2) is 9.33. The van der Waals surface area contributed by atoms with E-state index in [0.29, 0.717) is 0 Å². The largest absolute Gasteiger partial charge is 0.310 e. The number of rotatable bonds is 6. The second-order valence-corrected chi connectivity index (χ2v) is 6.27. The number of nitrogens with zero attached hydrogens (tertiary/aromatic N) is 1. The summed E-state index contributed by atoms with van der Waals surface area (Å²) in [5.74, 6) is -0.450. The number of fused-ring (bicyclic) bond motifs is 1. The van der Waals surface area contributed by atoms with Crippen molar-refractivity contribution in [1.29, 1.82) is 5.26 Å². The lowest BCUT2D eigenvalue weighted by Crippen LogP contribution is -2.20. The molecule has 0 saturated heterocycles. The molecule has 0 amide bonds. The Morgan fingerprint density at radius 2 is 1.85 bits per heavy atom. The zero-order chi connectivity index (χ0) is 17.6. The Morgan fingerprint density at radius 3 is 2.65 bits per heavy atom. The van der Waals surface area contributed by atoms with Crippen LogP contribution >= 0.6 is 12.4 Å². The van der Waals surface area contributed by atoms with Gasteiger partial charge >= 0.3 is 0 Å². The molecule has 1 atom stereocenters. The Bertz CT molecular complexity index is 912. The predicted octanol–water partition coefficient (Wildman–Crippen LogP) is 5.56. The highest BCUT2D eigenvalue weighted by molar-refractivity contribution is 5.86. The number of halogens is 2. The molecular formula is C22H22ClFN2. The summed E-state index contributed by atoms with van der Waals surface area (Å²) >= 11 is 0. The molecule has 2 nitrogen and oxygen atoms in total. The van der Waals surface area contributed by atoms with Crippen molar-refractivity contribution in [2.45, 2.75) is 25.8 Å². The lowest BCUT2D eigenvalue weighted by atomic mass is 9.99. The molecule has 1 N–H and O–H groups in total. The summed E-state index contributed by atoms with van der Waals surface area (Å²) in [6, 6.07) is 21.7. The normalized spacial score (nSPS) is 11.6. The van der Waals surface area contributed by atoms with Gasteiger partial charge in [0.15, 0.2) is 0 Å². The molecule has 0 saturated carbocycles. The molecule has 0 aliphatic carbocycles. The average molecular weight is 369 g/mol. The van der Waals surface area contributed by atoms with Crippen LogP contribution in [-0.4, -0.2) is 6.54 Å². The summed E-state index contributed by atoms with van der Waals surface area (Å²) in [5, 5.41) is 15.0. The molecule has 4 heteroatoms. The van der Waals surface area contributed by atoms with Crippen LogP contribution in [0.5, 0.6) is 0 Å². The number of nitriles is 1. The number of benzene rings is 3. The smallest absolute Gasteiger partial charge is 0.140 e. The van der Waals surface area contributed by atoms with Crippen LogP contribution in [-0.2, 0) is 6.42 Å². The van der Waals surface area contributed by atoms with E-state index in [-0.39, 0.29) is 24.0 Å². The molecule has 0 spiro atoms. The number of nitrogens with one attached hydrogen (secondary N) is 1. The number of hydrogen-bond acceptors (Lipinski definition) is 2. The summed E-state index contributed by atoms with van der Waals surface area (Å²) in [6.45, 7) is 3.04. The van der Waals surface area contributed by atoms with Gasteiger partial charge in [-0.1, -0.05) is 48.5 Å². The van der Waals surface area contributed by atoms with Crippen LogP contribution in [0.3, 0.4) is 0 Å². The molecule has 0 heterocycles. The van der Waals surface area contributed by atoms with Gasteiger partial charge < -0.3 is 5.32 Å². The first-order valence-corrected chi connectivity index (χ1v) is 8.58. The second-order valence-electron chi connectivity index (χ2n) is 6.27. The van der Waals surface area contributed by atoms with E-state index in [9.17, 15) is 4.39 Å². The summed E-state index contributed by atoms with van der Waals surface area (Å²) in [4.78, 5) is 0. The van der Waals surface area contributed by atoms with Gasteiger partial charge in [-0.15, -0.1) is 12.4 Å². The molecule has 3 aromatic carbocycles. The van der Waals surface area contributed by atoms with Gasteiger partial charge in [0, 0.05) is 6.04 Å². The Labute approximate surface area is 160 Å². The number of hydrogen-bond donors (Lipinski definition) is 1. The third-order valence-corrected chi connectivity index (χ3v) is 4.53. The minimum Gasteiger partial charge on any atom is -0.310 e. The van der Waals surface area contributed by atoms with Crippen LogP contribution in [0.25, 0.3) is 10.8 Å². The highest BCUT2D eigenvalue weighted by Crippen LogP contribution is 2.24. The molecule has 0 aliphatic rings. The van der Waals surface area contributed by atoms with Crippen molar-refractivity contribution >= 4 is 23.2 Å². The van der Waals surface area contributed by atoms with E-state index in [1.54, 1.807) is 12.1 Å². The molecular weight excluding hydrogens is 347 g/mol. The molecule has 0 fully saturated rings. The standard InChI is InChI=1S/C22H21FN2.ClH/c1-16(20-10-4-8-18-7-2-3-9-21(18)20)25-13-5-6-17-11-12-22(23)19(14-17)15-24;/h2-4,7-12,14,16,25H,5-6,13H2,1H3;1H/t16-;/m1./s1. The average Bonchev–Trinajstić information content (AvgIpc) is 2.65.